The smallest absolute Gasteiger partial charge is 0.244 e. The predicted molar refractivity (Wildman–Crippen MR) is 92.0 cm³/mol. The van der Waals surface area contributed by atoms with Gasteiger partial charge >= 0.3 is 0 Å². The van der Waals surface area contributed by atoms with Crippen LogP contribution < -0.4 is 10.6 Å². The molecule has 0 aliphatic carbocycles. The molecule has 1 aromatic rings. The van der Waals surface area contributed by atoms with Crippen molar-refractivity contribution in [2.75, 3.05) is 25.4 Å². The molecule has 0 unspecified atom stereocenters. The highest BCUT2D eigenvalue weighted by Crippen LogP contribution is 2.13. The molecule has 0 saturated carbocycles. The first kappa shape index (κ1) is 17.7. The third-order valence-corrected chi connectivity index (χ3v) is 4.68. The van der Waals surface area contributed by atoms with E-state index in [0.717, 1.165) is 12.1 Å². The highest BCUT2D eigenvalue weighted by Gasteiger charge is 2.31. The first-order valence-electron chi connectivity index (χ1n) is 7.86. The van der Waals surface area contributed by atoms with Gasteiger partial charge in [-0.1, -0.05) is 19.9 Å². The fraction of sp³-hybridized carbons (Fsp3) is 0.562. The van der Waals surface area contributed by atoms with Crippen LogP contribution in [0.25, 0.3) is 0 Å². The Kier molecular flexibility index (Phi) is 6.85. The monoisotopic (exact) mass is 336 g/mol. The third-order valence-electron chi connectivity index (χ3n) is 3.60. The van der Waals surface area contributed by atoms with Gasteiger partial charge < -0.3 is 15.5 Å². The van der Waals surface area contributed by atoms with Crippen LogP contribution in [0.5, 0.6) is 0 Å². The van der Waals surface area contributed by atoms with E-state index >= 15 is 0 Å². The molecule has 0 spiro atoms. The summed E-state index contributed by atoms with van der Waals surface area (Å²) in [6, 6.07) is 3.30. The van der Waals surface area contributed by atoms with Gasteiger partial charge in [-0.15, -0.1) is 11.8 Å². The number of nitrogens with zero attached hydrogens (tertiary/aromatic N) is 2. The molecule has 2 N–H and O–H groups in total. The minimum atomic E-state index is -0.444. The van der Waals surface area contributed by atoms with Gasteiger partial charge in [0.2, 0.25) is 11.8 Å². The van der Waals surface area contributed by atoms with Crippen molar-refractivity contribution in [2.24, 2.45) is 0 Å². The SMILES string of the molecule is CC(C)SCC(=O)N1CCNC[C@@H]1C(=O)NCc1cccnc1. The van der Waals surface area contributed by atoms with E-state index in [1.165, 1.54) is 0 Å². The van der Waals surface area contributed by atoms with E-state index in [-0.39, 0.29) is 11.8 Å². The molecule has 6 nitrogen and oxygen atoms in total. The van der Waals surface area contributed by atoms with E-state index in [0.29, 0.717) is 30.6 Å². The van der Waals surface area contributed by atoms with Crippen LogP contribution in [0.15, 0.2) is 24.5 Å². The maximum atomic E-state index is 12.5. The molecule has 2 heterocycles. The Labute approximate surface area is 141 Å². The number of piperazine rings is 1. The molecule has 1 atom stereocenters. The summed E-state index contributed by atoms with van der Waals surface area (Å²) in [5.41, 5.74) is 0.942. The summed E-state index contributed by atoms with van der Waals surface area (Å²) in [6.45, 7) is 6.34. The number of amides is 2. The van der Waals surface area contributed by atoms with Crippen LogP contribution in [0.1, 0.15) is 19.4 Å². The van der Waals surface area contributed by atoms with E-state index in [1.54, 1.807) is 29.1 Å². The number of thioether (sulfide) groups is 1. The quantitative estimate of drug-likeness (QED) is 0.797. The van der Waals surface area contributed by atoms with Gasteiger partial charge in [-0.25, -0.2) is 0 Å². The molecular formula is C16H24N4O2S. The second-order valence-electron chi connectivity index (χ2n) is 5.75. The lowest BCUT2D eigenvalue weighted by Crippen LogP contribution is -2.59. The maximum Gasteiger partial charge on any atom is 0.244 e. The molecule has 23 heavy (non-hydrogen) atoms. The van der Waals surface area contributed by atoms with Gasteiger partial charge in [-0.3, -0.25) is 14.6 Å². The van der Waals surface area contributed by atoms with Crippen molar-refractivity contribution < 1.29 is 9.59 Å². The summed E-state index contributed by atoms with van der Waals surface area (Å²) in [7, 11) is 0. The van der Waals surface area contributed by atoms with Gasteiger partial charge in [0.05, 0.1) is 5.75 Å². The lowest BCUT2D eigenvalue weighted by atomic mass is 10.1. The second kappa shape index (κ2) is 8.88. The highest BCUT2D eigenvalue weighted by molar-refractivity contribution is 8.00. The number of aromatic nitrogens is 1. The van der Waals surface area contributed by atoms with Crippen LogP contribution in [0, 0.1) is 0 Å². The van der Waals surface area contributed by atoms with Crippen molar-refractivity contribution in [3.63, 3.8) is 0 Å². The van der Waals surface area contributed by atoms with E-state index in [4.69, 9.17) is 0 Å². The molecule has 126 valence electrons. The Morgan fingerprint density at radius 1 is 1.52 bits per heavy atom. The molecule has 0 bridgehead atoms. The largest absolute Gasteiger partial charge is 0.350 e. The molecule has 0 radical (unpaired) electrons. The molecule has 7 heteroatoms. The summed E-state index contributed by atoms with van der Waals surface area (Å²) in [5, 5.41) is 6.49. The number of hydrogen-bond acceptors (Lipinski definition) is 5. The zero-order valence-electron chi connectivity index (χ0n) is 13.6. The van der Waals surface area contributed by atoms with Crippen LogP contribution in [0.4, 0.5) is 0 Å². The van der Waals surface area contributed by atoms with Crippen molar-refractivity contribution >= 4 is 23.6 Å². The van der Waals surface area contributed by atoms with E-state index in [1.807, 2.05) is 12.1 Å². The standard InChI is InChI=1S/C16H24N4O2S/c1-12(2)23-11-15(21)20-7-6-18-10-14(20)16(22)19-9-13-4-3-5-17-8-13/h3-5,8,12,14,18H,6-7,9-11H2,1-2H3,(H,19,22)/t14-/m1/s1. The van der Waals surface area contributed by atoms with Crippen LogP contribution in [0.3, 0.4) is 0 Å². The highest BCUT2D eigenvalue weighted by atomic mass is 32.2. The number of hydrogen-bond donors (Lipinski definition) is 2. The van der Waals surface area contributed by atoms with Gasteiger partial charge in [0, 0.05) is 38.6 Å². The van der Waals surface area contributed by atoms with Gasteiger partial charge in [0.25, 0.3) is 0 Å². The van der Waals surface area contributed by atoms with Gasteiger partial charge in [0.1, 0.15) is 6.04 Å². The summed E-state index contributed by atoms with van der Waals surface area (Å²) < 4.78 is 0. The number of carbonyl (C=O) groups excluding carboxylic acids is 2. The van der Waals surface area contributed by atoms with Crippen molar-refractivity contribution in [1.82, 2.24) is 20.5 Å². The Bertz CT molecular complexity index is 524. The van der Waals surface area contributed by atoms with Crippen molar-refractivity contribution in [1.29, 1.82) is 0 Å². The predicted octanol–water partition coefficient (Wildman–Crippen LogP) is 0.640. The summed E-state index contributed by atoms with van der Waals surface area (Å²) in [4.78, 5) is 30.6. The lowest BCUT2D eigenvalue weighted by Gasteiger charge is -2.35. The number of carbonyl (C=O) groups is 2. The van der Waals surface area contributed by atoms with Crippen LogP contribution in [-0.4, -0.2) is 58.4 Å². The Hall–Kier alpha value is -1.60. The first-order valence-corrected chi connectivity index (χ1v) is 8.91. The fourth-order valence-electron chi connectivity index (χ4n) is 2.37. The van der Waals surface area contributed by atoms with E-state index in [9.17, 15) is 9.59 Å². The molecule has 1 aliphatic heterocycles. The molecule has 1 aliphatic rings. The molecule has 2 amide bonds. The van der Waals surface area contributed by atoms with E-state index < -0.39 is 6.04 Å². The minimum absolute atomic E-state index is 0.0340. The first-order chi connectivity index (χ1) is 11.1. The van der Waals surface area contributed by atoms with Crippen molar-refractivity contribution in [2.45, 2.75) is 31.7 Å². The van der Waals surface area contributed by atoms with Crippen LogP contribution in [0.2, 0.25) is 0 Å². The van der Waals surface area contributed by atoms with Gasteiger partial charge in [0.15, 0.2) is 0 Å². The van der Waals surface area contributed by atoms with Crippen molar-refractivity contribution in [3.05, 3.63) is 30.1 Å². The topological polar surface area (TPSA) is 74.3 Å². The lowest BCUT2D eigenvalue weighted by molar-refractivity contribution is -0.139. The molecule has 2 rings (SSSR count). The van der Waals surface area contributed by atoms with Crippen molar-refractivity contribution in [3.8, 4) is 0 Å². The molecule has 1 saturated heterocycles. The van der Waals surface area contributed by atoms with E-state index in [2.05, 4.69) is 29.5 Å². The third kappa shape index (κ3) is 5.51. The molecule has 0 aromatic carbocycles. The molecular weight excluding hydrogens is 312 g/mol. The van der Waals surface area contributed by atoms with Crippen LogP contribution >= 0.6 is 11.8 Å². The number of rotatable bonds is 6. The average molecular weight is 336 g/mol. The Morgan fingerprint density at radius 3 is 3.04 bits per heavy atom. The summed E-state index contributed by atoms with van der Waals surface area (Å²) in [6.07, 6.45) is 3.42. The zero-order chi connectivity index (χ0) is 16.7. The normalized spacial score (nSPS) is 18.0. The fourth-order valence-corrected chi connectivity index (χ4v) is 3.01. The maximum absolute atomic E-state index is 12.5. The Morgan fingerprint density at radius 2 is 2.35 bits per heavy atom. The number of pyridine rings is 1. The van der Waals surface area contributed by atoms with Crippen LogP contribution in [-0.2, 0) is 16.1 Å². The average Bonchev–Trinajstić information content (AvgIpc) is 2.58. The summed E-state index contributed by atoms with van der Waals surface area (Å²) in [5.74, 6) is 0.333. The van der Waals surface area contributed by atoms with Gasteiger partial charge in [-0.2, -0.15) is 0 Å². The summed E-state index contributed by atoms with van der Waals surface area (Å²) >= 11 is 1.61. The second-order valence-corrected chi connectivity index (χ2v) is 7.31. The zero-order valence-corrected chi connectivity index (χ0v) is 14.4. The minimum Gasteiger partial charge on any atom is -0.350 e. The van der Waals surface area contributed by atoms with Gasteiger partial charge in [-0.05, 0) is 16.9 Å². The Balaban J connectivity index is 1.91. The molecule has 1 fully saturated rings. The number of nitrogens with one attached hydrogen (secondary N) is 2. The molecule has 1 aromatic heterocycles.